The lowest BCUT2D eigenvalue weighted by molar-refractivity contribution is -0.116. The molecule has 2 aromatic carbocycles. The van der Waals surface area contributed by atoms with Crippen molar-refractivity contribution in [3.63, 3.8) is 0 Å². The molecule has 0 bridgehead atoms. The Labute approximate surface area is 139 Å². The molecule has 3 rings (SSSR count). The molecule has 5 nitrogen and oxygen atoms in total. The fourth-order valence-corrected chi connectivity index (χ4v) is 3.71. The van der Waals surface area contributed by atoms with Gasteiger partial charge in [0.15, 0.2) is 0 Å². The van der Waals surface area contributed by atoms with Crippen LogP contribution in [-0.2, 0) is 27.7 Å². The molecule has 1 heterocycles. The number of rotatable bonds is 5. The van der Waals surface area contributed by atoms with Crippen LogP contribution in [-0.4, -0.2) is 20.9 Å². The largest absolute Gasteiger partial charge is 0.326 e. The highest BCUT2D eigenvalue weighted by Crippen LogP contribution is 2.25. The number of fused-ring (bicyclic) bond motifs is 1. The van der Waals surface area contributed by atoms with Gasteiger partial charge in [-0.25, -0.2) is 17.5 Å². The summed E-state index contributed by atoms with van der Waals surface area (Å²) in [5.74, 6) is -0.414. The zero-order valence-corrected chi connectivity index (χ0v) is 13.7. The van der Waals surface area contributed by atoms with Crippen LogP contribution >= 0.6 is 0 Å². The number of nitrogens with one attached hydrogen (secondary N) is 2. The van der Waals surface area contributed by atoms with E-state index >= 15 is 0 Å². The van der Waals surface area contributed by atoms with Crippen molar-refractivity contribution in [3.05, 3.63) is 59.4 Å². The first kappa shape index (κ1) is 16.6. The van der Waals surface area contributed by atoms with Crippen molar-refractivity contribution in [1.82, 2.24) is 4.72 Å². The molecule has 1 amide bonds. The second-order valence-corrected chi connectivity index (χ2v) is 7.37. The summed E-state index contributed by atoms with van der Waals surface area (Å²) in [6.07, 6.45) is 1.13. The fraction of sp³-hybridized carbons (Fsp3) is 0.235. The van der Waals surface area contributed by atoms with Crippen molar-refractivity contribution in [1.29, 1.82) is 0 Å². The van der Waals surface area contributed by atoms with Gasteiger partial charge in [-0.2, -0.15) is 0 Å². The number of halogens is 1. The lowest BCUT2D eigenvalue weighted by atomic mass is 10.0. The van der Waals surface area contributed by atoms with Gasteiger partial charge in [0.2, 0.25) is 15.9 Å². The molecule has 0 saturated carbocycles. The average Bonchev–Trinajstić information content (AvgIpc) is 2.56. The van der Waals surface area contributed by atoms with E-state index in [1.54, 1.807) is 30.3 Å². The number of sulfonamides is 1. The van der Waals surface area contributed by atoms with E-state index in [9.17, 15) is 17.6 Å². The summed E-state index contributed by atoms with van der Waals surface area (Å²) in [6.45, 7) is 0.108. The number of benzene rings is 2. The highest BCUT2D eigenvalue weighted by molar-refractivity contribution is 7.89. The minimum Gasteiger partial charge on any atom is -0.326 e. The summed E-state index contributed by atoms with van der Waals surface area (Å²) >= 11 is 0. The monoisotopic (exact) mass is 348 g/mol. The van der Waals surface area contributed by atoms with Crippen molar-refractivity contribution in [2.24, 2.45) is 0 Å². The molecule has 24 heavy (non-hydrogen) atoms. The molecule has 1 aliphatic heterocycles. The minimum atomic E-state index is -3.68. The number of hydrogen-bond donors (Lipinski definition) is 2. The molecule has 0 radical (unpaired) electrons. The zero-order valence-electron chi connectivity index (χ0n) is 12.9. The van der Waals surface area contributed by atoms with Crippen molar-refractivity contribution in [2.75, 3.05) is 11.9 Å². The van der Waals surface area contributed by atoms with Crippen LogP contribution in [0.2, 0.25) is 0 Å². The lowest BCUT2D eigenvalue weighted by Gasteiger charge is -2.17. The maximum absolute atomic E-state index is 13.5. The predicted octanol–water partition coefficient (Wildman–Crippen LogP) is 2.23. The van der Waals surface area contributed by atoms with Crippen LogP contribution in [0.3, 0.4) is 0 Å². The Morgan fingerprint density at radius 2 is 1.92 bits per heavy atom. The van der Waals surface area contributed by atoms with E-state index in [0.29, 0.717) is 24.1 Å². The standard InChI is InChI=1S/C17H17FN2O3S/c18-15-4-2-1-3-12(15)9-10-19-24(22,23)14-6-7-16-13(11-14)5-8-17(21)20-16/h1-4,6-7,11,19H,5,8-10H2,(H,20,21). The molecule has 126 valence electrons. The average molecular weight is 348 g/mol. The summed E-state index contributed by atoms with van der Waals surface area (Å²) in [6, 6.07) is 10.9. The van der Waals surface area contributed by atoms with Gasteiger partial charge in [0.1, 0.15) is 5.82 Å². The molecule has 0 aromatic heterocycles. The maximum atomic E-state index is 13.5. The minimum absolute atomic E-state index is 0.0684. The van der Waals surface area contributed by atoms with E-state index in [4.69, 9.17) is 0 Å². The van der Waals surface area contributed by atoms with Gasteiger partial charge in [0.05, 0.1) is 4.90 Å². The van der Waals surface area contributed by atoms with Gasteiger partial charge < -0.3 is 5.32 Å². The smallest absolute Gasteiger partial charge is 0.240 e. The van der Waals surface area contributed by atoms with Crippen LogP contribution in [0.25, 0.3) is 0 Å². The number of carbonyl (C=O) groups excluding carboxylic acids is 1. The first-order chi connectivity index (χ1) is 11.5. The number of aryl methyl sites for hydroxylation is 1. The molecule has 0 aliphatic carbocycles. The molecular weight excluding hydrogens is 331 g/mol. The molecule has 0 fully saturated rings. The summed E-state index contributed by atoms with van der Waals surface area (Å²) in [7, 11) is -3.68. The Kier molecular flexibility index (Phi) is 4.64. The number of hydrogen-bond acceptors (Lipinski definition) is 3. The van der Waals surface area contributed by atoms with Crippen LogP contribution in [0.15, 0.2) is 47.4 Å². The van der Waals surface area contributed by atoms with Gasteiger partial charge in [-0.15, -0.1) is 0 Å². The quantitative estimate of drug-likeness (QED) is 0.870. The van der Waals surface area contributed by atoms with Crippen molar-refractivity contribution >= 4 is 21.6 Å². The maximum Gasteiger partial charge on any atom is 0.240 e. The highest BCUT2D eigenvalue weighted by atomic mass is 32.2. The van der Waals surface area contributed by atoms with E-state index in [0.717, 1.165) is 5.56 Å². The van der Waals surface area contributed by atoms with Gasteiger partial charge in [-0.3, -0.25) is 4.79 Å². The number of carbonyl (C=O) groups is 1. The summed E-state index contributed by atoms with van der Waals surface area (Å²) in [4.78, 5) is 11.5. The van der Waals surface area contributed by atoms with Gasteiger partial charge >= 0.3 is 0 Å². The van der Waals surface area contributed by atoms with Gasteiger partial charge in [0, 0.05) is 18.7 Å². The third-order valence-corrected chi connectivity index (χ3v) is 5.39. The Balaban J connectivity index is 1.69. The lowest BCUT2D eigenvalue weighted by Crippen LogP contribution is -2.27. The molecule has 0 saturated heterocycles. The molecule has 7 heteroatoms. The van der Waals surface area contributed by atoms with E-state index < -0.39 is 10.0 Å². The Bertz CT molecular complexity index is 881. The normalized spacial score (nSPS) is 14.1. The molecule has 2 N–H and O–H groups in total. The Morgan fingerprint density at radius 3 is 2.71 bits per heavy atom. The van der Waals surface area contributed by atoms with Crippen LogP contribution in [0.5, 0.6) is 0 Å². The zero-order chi connectivity index (χ0) is 17.2. The summed E-state index contributed by atoms with van der Waals surface area (Å²) in [5, 5.41) is 2.71. The highest BCUT2D eigenvalue weighted by Gasteiger charge is 2.19. The van der Waals surface area contributed by atoms with E-state index in [2.05, 4.69) is 10.0 Å². The van der Waals surface area contributed by atoms with Crippen molar-refractivity contribution in [3.8, 4) is 0 Å². The summed E-state index contributed by atoms with van der Waals surface area (Å²) < 4.78 is 40.8. The fourth-order valence-electron chi connectivity index (χ4n) is 2.63. The van der Waals surface area contributed by atoms with Crippen LogP contribution in [0.1, 0.15) is 17.5 Å². The van der Waals surface area contributed by atoms with Crippen LogP contribution < -0.4 is 10.0 Å². The molecule has 0 spiro atoms. The van der Waals surface area contributed by atoms with Gasteiger partial charge in [0.25, 0.3) is 0 Å². The number of amides is 1. The molecule has 0 atom stereocenters. The Morgan fingerprint density at radius 1 is 1.12 bits per heavy atom. The number of anilines is 1. The van der Waals surface area contributed by atoms with Crippen molar-refractivity contribution in [2.45, 2.75) is 24.2 Å². The first-order valence-corrected chi connectivity index (χ1v) is 9.10. The van der Waals surface area contributed by atoms with E-state index in [1.807, 2.05) is 0 Å². The third kappa shape index (κ3) is 3.63. The predicted molar refractivity (Wildman–Crippen MR) is 88.7 cm³/mol. The molecule has 1 aliphatic rings. The van der Waals surface area contributed by atoms with Gasteiger partial charge in [-0.05, 0) is 48.2 Å². The molecular formula is C17H17FN2O3S. The topological polar surface area (TPSA) is 75.3 Å². The van der Waals surface area contributed by atoms with Gasteiger partial charge in [-0.1, -0.05) is 18.2 Å². The third-order valence-electron chi connectivity index (χ3n) is 3.93. The van der Waals surface area contributed by atoms with E-state index in [-0.39, 0.29) is 29.6 Å². The second-order valence-electron chi connectivity index (χ2n) is 5.61. The molecule has 2 aromatic rings. The van der Waals surface area contributed by atoms with Crippen LogP contribution in [0.4, 0.5) is 10.1 Å². The van der Waals surface area contributed by atoms with Crippen molar-refractivity contribution < 1.29 is 17.6 Å². The van der Waals surface area contributed by atoms with Crippen LogP contribution in [0, 0.1) is 5.82 Å². The SMILES string of the molecule is O=C1CCc2cc(S(=O)(=O)NCCc3ccccc3F)ccc2N1. The Hall–Kier alpha value is -2.25. The second kappa shape index (κ2) is 6.70. The first-order valence-electron chi connectivity index (χ1n) is 7.61. The van der Waals surface area contributed by atoms with E-state index in [1.165, 1.54) is 12.1 Å². The molecule has 0 unspecified atom stereocenters. The summed E-state index contributed by atoms with van der Waals surface area (Å²) in [5.41, 5.74) is 1.91.